The number of ether oxygens (including phenoxy) is 1. The second-order valence-electron chi connectivity index (χ2n) is 4.94. The van der Waals surface area contributed by atoms with E-state index in [9.17, 15) is 9.59 Å². The van der Waals surface area contributed by atoms with Crippen molar-refractivity contribution >= 4 is 39.4 Å². The summed E-state index contributed by atoms with van der Waals surface area (Å²) in [5.41, 5.74) is 0.451. The number of methoxy groups -OCH3 is 1. The Kier molecular flexibility index (Phi) is 4.70. The number of amides is 1. The zero-order valence-corrected chi connectivity index (χ0v) is 13.6. The summed E-state index contributed by atoms with van der Waals surface area (Å²) < 4.78 is 5.59. The first kappa shape index (κ1) is 15.3. The van der Waals surface area contributed by atoms with Crippen molar-refractivity contribution in [2.45, 2.75) is 6.92 Å². The van der Waals surface area contributed by atoms with E-state index in [-0.39, 0.29) is 23.7 Å². The number of rotatable bonds is 2. The quantitative estimate of drug-likeness (QED) is 0.762. The van der Waals surface area contributed by atoms with Gasteiger partial charge in [0.25, 0.3) is 5.91 Å². The average molecular weight is 361 g/mol. The van der Waals surface area contributed by atoms with Crippen molar-refractivity contribution in [3.8, 4) is 0 Å². The molecule has 1 heterocycles. The van der Waals surface area contributed by atoms with Gasteiger partial charge in [0.05, 0.1) is 23.6 Å². The summed E-state index contributed by atoms with van der Waals surface area (Å²) in [5, 5.41) is 0.401. The third-order valence-corrected chi connectivity index (χ3v) is 4.37. The van der Waals surface area contributed by atoms with Crippen molar-refractivity contribution < 1.29 is 14.3 Å². The molecule has 2 rings (SSSR count). The van der Waals surface area contributed by atoms with E-state index in [2.05, 4.69) is 15.9 Å². The molecule has 0 spiro atoms. The van der Waals surface area contributed by atoms with Crippen molar-refractivity contribution in [3.63, 3.8) is 0 Å². The van der Waals surface area contributed by atoms with E-state index in [0.29, 0.717) is 23.7 Å². The van der Waals surface area contributed by atoms with Crippen molar-refractivity contribution in [3.05, 3.63) is 33.3 Å². The first-order chi connectivity index (χ1) is 9.43. The lowest BCUT2D eigenvalue weighted by Gasteiger charge is -2.17. The molecule has 1 aromatic carbocycles. The Morgan fingerprint density at radius 2 is 2.10 bits per heavy atom. The summed E-state index contributed by atoms with van der Waals surface area (Å²) in [6.07, 6.45) is 0. The van der Waals surface area contributed by atoms with Crippen LogP contribution in [0.5, 0.6) is 0 Å². The zero-order chi connectivity index (χ0) is 14.9. The van der Waals surface area contributed by atoms with E-state index in [1.54, 1.807) is 23.1 Å². The molecule has 0 aliphatic carbocycles. The fraction of sp³-hybridized carbons (Fsp3) is 0.429. The van der Waals surface area contributed by atoms with Crippen LogP contribution in [0, 0.1) is 11.8 Å². The third kappa shape index (κ3) is 2.99. The van der Waals surface area contributed by atoms with Crippen molar-refractivity contribution in [2.24, 2.45) is 11.8 Å². The molecule has 1 amide bonds. The third-order valence-electron chi connectivity index (χ3n) is 3.57. The molecule has 2 unspecified atom stereocenters. The molecule has 2 atom stereocenters. The van der Waals surface area contributed by atoms with Gasteiger partial charge in [0, 0.05) is 17.6 Å². The number of halogens is 2. The lowest BCUT2D eigenvalue weighted by Crippen LogP contribution is -2.30. The minimum Gasteiger partial charge on any atom is -0.469 e. The van der Waals surface area contributed by atoms with Gasteiger partial charge in [0.2, 0.25) is 0 Å². The van der Waals surface area contributed by atoms with Crippen LogP contribution in [0.25, 0.3) is 0 Å². The van der Waals surface area contributed by atoms with Crippen LogP contribution in [0.15, 0.2) is 22.7 Å². The van der Waals surface area contributed by atoms with E-state index in [1.165, 1.54) is 7.11 Å². The van der Waals surface area contributed by atoms with Gasteiger partial charge >= 0.3 is 5.97 Å². The van der Waals surface area contributed by atoms with E-state index in [0.717, 1.165) is 4.47 Å². The van der Waals surface area contributed by atoms with Gasteiger partial charge in [0.1, 0.15) is 0 Å². The molecular formula is C14H15BrClNO3. The van der Waals surface area contributed by atoms with Crippen molar-refractivity contribution in [1.29, 1.82) is 0 Å². The summed E-state index contributed by atoms with van der Waals surface area (Å²) >= 11 is 9.40. The van der Waals surface area contributed by atoms with Crippen LogP contribution in [0.1, 0.15) is 17.3 Å². The lowest BCUT2D eigenvalue weighted by molar-refractivity contribution is -0.146. The van der Waals surface area contributed by atoms with Gasteiger partial charge < -0.3 is 9.64 Å². The number of hydrogen-bond donors (Lipinski definition) is 0. The standard InChI is InChI=1S/C14H15BrClNO3/c1-8-6-17(7-11(8)14(19)20-2)13(18)10-4-3-9(15)5-12(10)16/h3-5,8,11H,6-7H2,1-2H3. The highest BCUT2D eigenvalue weighted by molar-refractivity contribution is 9.10. The Bertz CT molecular complexity index is 549. The van der Waals surface area contributed by atoms with Crippen molar-refractivity contribution in [2.75, 3.05) is 20.2 Å². The highest BCUT2D eigenvalue weighted by Crippen LogP contribution is 2.28. The van der Waals surface area contributed by atoms with Crippen LogP contribution >= 0.6 is 27.5 Å². The minimum atomic E-state index is -0.269. The Labute approximate surface area is 131 Å². The highest BCUT2D eigenvalue weighted by Gasteiger charge is 2.38. The molecule has 0 N–H and O–H groups in total. The number of hydrogen-bond acceptors (Lipinski definition) is 3. The van der Waals surface area contributed by atoms with Crippen molar-refractivity contribution in [1.82, 2.24) is 4.90 Å². The zero-order valence-electron chi connectivity index (χ0n) is 11.2. The number of carbonyl (C=O) groups is 2. The summed E-state index contributed by atoms with van der Waals surface area (Å²) in [4.78, 5) is 25.8. The molecule has 1 fully saturated rings. The predicted octanol–water partition coefficient (Wildman–Crippen LogP) is 2.98. The van der Waals surface area contributed by atoms with E-state index in [4.69, 9.17) is 16.3 Å². The van der Waals surface area contributed by atoms with Crippen LogP contribution in [0.2, 0.25) is 5.02 Å². The molecule has 20 heavy (non-hydrogen) atoms. The van der Waals surface area contributed by atoms with Gasteiger partial charge in [0.15, 0.2) is 0 Å². The molecule has 1 aromatic rings. The second-order valence-corrected chi connectivity index (χ2v) is 6.26. The van der Waals surface area contributed by atoms with Crippen LogP contribution in [-0.2, 0) is 9.53 Å². The molecule has 0 bridgehead atoms. The maximum absolute atomic E-state index is 12.5. The molecule has 1 saturated heterocycles. The Morgan fingerprint density at radius 3 is 2.70 bits per heavy atom. The summed E-state index contributed by atoms with van der Waals surface area (Å²) in [5.74, 6) is -0.603. The largest absolute Gasteiger partial charge is 0.469 e. The Balaban J connectivity index is 2.17. The van der Waals surface area contributed by atoms with Crippen LogP contribution in [-0.4, -0.2) is 37.0 Å². The molecule has 0 aromatic heterocycles. The number of esters is 1. The fourth-order valence-electron chi connectivity index (χ4n) is 2.42. The number of carbonyl (C=O) groups excluding carboxylic acids is 2. The summed E-state index contributed by atoms with van der Waals surface area (Å²) in [7, 11) is 1.37. The topological polar surface area (TPSA) is 46.6 Å². The van der Waals surface area contributed by atoms with Gasteiger partial charge in [-0.05, 0) is 24.1 Å². The van der Waals surface area contributed by atoms with E-state index >= 15 is 0 Å². The predicted molar refractivity (Wildman–Crippen MR) is 79.7 cm³/mol. The van der Waals surface area contributed by atoms with E-state index < -0.39 is 0 Å². The van der Waals surface area contributed by atoms with Crippen LogP contribution in [0.3, 0.4) is 0 Å². The highest BCUT2D eigenvalue weighted by atomic mass is 79.9. The van der Waals surface area contributed by atoms with Gasteiger partial charge in [-0.3, -0.25) is 9.59 Å². The first-order valence-corrected chi connectivity index (χ1v) is 7.43. The van der Waals surface area contributed by atoms with Gasteiger partial charge in [-0.15, -0.1) is 0 Å². The van der Waals surface area contributed by atoms with Crippen LogP contribution in [0.4, 0.5) is 0 Å². The SMILES string of the molecule is COC(=O)C1CN(C(=O)c2ccc(Br)cc2Cl)CC1C. The lowest BCUT2D eigenvalue weighted by atomic mass is 9.99. The Hall–Kier alpha value is -1.07. The summed E-state index contributed by atoms with van der Waals surface area (Å²) in [6.45, 7) is 2.85. The van der Waals surface area contributed by atoms with Gasteiger partial charge in [-0.1, -0.05) is 34.5 Å². The maximum atomic E-state index is 12.5. The van der Waals surface area contributed by atoms with E-state index in [1.807, 2.05) is 6.92 Å². The molecule has 6 heteroatoms. The monoisotopic (exact) mass is 359 g/mol. The second kappa shape index (κ2) is 6.14. The average Bonchev–Trinajstić information content (AvgIpc) is 2.79. The maximum Gasteiger partial charge on any atom is 0.310 e. The summed E-state index contributed by atoms with van der Waals surface area (Å²) in [6, 6.07) is 5.15. The van der Waals surface area contributed by atoms with Crippen LogP contribution < -0.4 is 0 Å². The normalized spacial score (nSPS) is 21.9. The fourth-order valence-corrected chi connectivity index (χ4v) is 3.18. The molecule has 108 valence electrons. The molecule has 0 saturated carbocycles. The first-order valence-electron chi connectivity index (χ1n) is 6.26. The minimum absolute atomic E-state index is 0.0839. The number of likely N-dealkylation sites (tertiary alicyclic amines) is 1. The molecular weight excluding hydrogens is 346 g/mol. The Morgan fingerprint density at radius 1 is 1.40 bits per heavy atom. The molecule has 0 radical (unpaired) electrons. The number of benzene rings is 1. The molecule has 4 nitrogen and oxygen atoms in total. The number of nitrogens with zero attached hydrogens (tertiary/aromatic N) is 1. The van der Waals surface area contributed by atoms with Gasteiger partial charge in [-0.25, -0.2) is 0 Å². The molecule has 1 aliphatic heterocycles. The van der Waals surface area contributed by atoms with Gasteiger partial charge in [-0.2, -0.15) is 0 Å². The molecule has 1 aliphatic rings. The smallest absolute Gasteiger partial charge is 0.310 e.